The van der Waals surface area contributed by atoms with E-state index in [1.54, 1.807) is 0 Å². The molecule has 0 N–H and O–H groups in total. The molecule has 0 atom stereocenters. The molecule has 0 rings (SSSR count). The minimum absolute atomic E-state index is 0.269. The zero-order valence-corrected chi connectivity index (χ0v) is 19.2. The van der Waals surface area contributed by atoms with Crippen molar-refractivity contribution in [3.63, 3.8) is 0 Å². The highest BCUT2D eigenvalue weighted by molar-refractivity contribution is 6.79. The highest BCUT2D eigenvalue weighted by Gasteiger charge is 2.30. The Kier molecular flexibility index (Phi) is 18.2. The third-order valence-electron chi connectivity index (χ3n) is 5.19. The van der Waals surface area contributed by atoms with Crippen molar-refractivity contribution < 1.29 is 19.0 Å². The summed E-state index contributed by atoms with van der Waals surface area (Å²) in [6.07, 6.45) is 10.5. The largest absolute Gasteiger partial charge is 0.460 e. The minimum Gasteiger partial charge on any atom is -0.460 e. The molecule has 160 valence electrons. The summed E-state index contributed by atoms with van der Waals surface area (Å²) in [5, 5.41) is 0. The average Bonchev–Trinajstić information content (AvgIpc) is 2.69. The smallest absolute Gasteiger partial charge is 0.330 e. The standard InChI is InChI=1S/C22H44O4Si/c1-5-9-18-27(19-10-6-2,20-11-7-3)21-12-13-24-14-15-25-16-17-26-22(23)8-4/h8H,4-7,9-21H2,1-3H3. The van der Waals surface area contributed by atoms with Crippen LogP contribution in [-0.2, 0) is 19.0 Å². The van der Waals surface area contributed by atoms with Crippen LogP contribution in [0.15, 0.2) is 12.7 Å². The predicted molar refractivity (Wildman–Crippen MR) is 117 cm³/mol. The molecule has 0 unspecified atom stereocenters. The zero-order chi connectivity index (χ0) is 20.2. The van der Waals surface area contributed by atoms with Crippen LogP contribution in [0.25, 0.3) is 0 Å². The third kappa shape index (κ3) is 15.0. The number of unbranched alkanes of at least 4 members (excludes halogenated alkanes) is 3. The van der Waals surface area contributed by atoms with Crippen molar-refractivity contribution in [1.82, 2.24) is 0 Å². The van der Waals surface area contributed by atoms with Crippen molar-refractivity contribution in [3.05, 3.63) is 12.7 Å². The van der Waals surface area contributed by atoms with Gasteiger partial charge in [0, 0.05) is 12.7 Å². The number of hydrogen-bond acceptors (Lipinski definition) is 4. The molecule has 0 aromatic carbocycles. The summed E-state index contributed by atoms with van der Waals surface area (Å²) >= 11 is 0. The van der Waals surface area contributed by atoms with Crippen molar-refractivity contribution >= 4 is 14.0 Å². The molecule has 0 saturated heterocycles. The molecule has 0 aliphatic rings. The second-order valence-corrected chi connectivity index (χ2v) is 12.5. The first-order chi connectivity index (χ1) is 13.1. The maximum Gasteiger partial charge on any atom is 0.330 e. The Morgan fingerprint density at radius 1 is 0.741 bits per heavy atom. The Labute approximate surface area is 169 Å². The maximum absolute atomic E-state index is 10.9. The van der Waals surface area contributed by atoms with Crippen molar-refractivity contribution in [2.45, 2.75) is 89.9 Å². The molecule has 0 spiro atoms. The number of carbonyl (C=O) groups is 1. The van der Waals surface area contributed by atoms with Crippen LogP contribution in [0.3, 0.4) is 0 Å². The van der Waals surface area contributed by atoms with Crippen LogP contribution in [0.2, 0.25) is 24.2 Å². The number of carbonyl (C=O) groups excluding carboxylic acids is 1. The van der Waals surface area contributed by atoms with Gasteiger partial charge in [-0.1, -0.05) is 90.1 Å². The van der Waals surface area contributed by atoms with Gasteiger partial charge in [0.2, 0.25) is 0 Å². The SMILES string of the molecule is C=CC(=O)OCCOCCOCCC[Si](CCCC)(CCCC)CCCC. The highest BCUT2D eigenvalue weighted by Crippen LogP contribution is 2.33. The van der Waals surface area contributed by atoms with Crippen LogP contribution in [-0.4, -0.2) is 47.1 Å². The molecule has 0 aromatic rings. The summed E-state index contributed by atoms with van der Waals surface area (Å²) in [6.45, 7) is 13.0. The van der Waals surface area contributed by atoms with Gasteiger partial charge in [-0.05, 0) is 6.42 Å². The van der Waals surface area contributed by atoms with Crippen LogP contribution in [0.4, 0.5) is 0 Å². The number of hydrogen-bond donors (Lipinski definition) is 0. The lowest BCUT2D eigenvalue weighted by atomic mass is 10.4. The Morgan fingerprint density at radius 2 is 1.19 bits per heavy atom. The second kappa shape index (κ2) is 18.7. The Morgan fingerprint density at radius 3 is 1.67 bits per heavy atom. The van der Waals surface area contributed by atoms with Gasteiger partial charge in [0.05, 0.1) is 27.9 Å². The first kappa shape index (κ1) is 26.3. The van der Waals surface area contributed by atoms with Gasteiger partial charge in [-0.2, -0.15) is 0 Å². The van der Waals surface area contributed by atoms with E-state index in [2.05, 4.69) is 27.4 Å². The average molecular weight is 401 g/mol. The van der Waals surface area contributed by atoms with Crippen LogP contribution in [0, 0.1) is 0 Å². The second-order valence-electron chi connectivity index (χ2n) is 7.51. The van der Waals surface area contributed by atoms with E-state index in [0.717, 1.165) is 12.7 Å². The fraction of sp³-hybridized carbons (Fsp3) is 0.864. The number of ether oxygens (including phenoxy) is 3. The first-order valence-electron chi connectivity index (χ1n) is 11.1. The summed E-state index contributed by atoms with van der Waals surface area (Å²) in [5.74, 6) is -0.406. The van der Waals surface area contributed by atoms with Gasteiger partial charge in [0.15, 0.2) is 0 Å². The van der Waals surface area contributed by atoms with Crippen LogP contribution in [0.1, 0.15) is 65.7 Å². The van der Waals surface area contributed by atoms with Gasteiger partial charge in [-0.15, -0.1) is 0 Å². The highest BCUT2D eigenvalue weighted by atomic mass is 28.3. The quantitative estimate of drug-likeness (QED) is 0.109. The van der Waals surface area contributed by atoms with E-state index in [-0.39, 0.29) is 6.61 Å². The normalized spacial score (nSPS) is 11.5. The van der Waals surface area contributed by atoms with E-state index < -0.39 is 14.0 Å². The number of esters is 1. The Hall–Kier alpha value is -0.653. The van der Waals surface area contributed by atoms with Crippen molar-refractivity contribution in [1.29, 1.82) is 0 Å². The summed E-state index contributed by atoms with van der Waals surface area (Å²) in [4.78, 5) is 10.9. The van der Waals surface area contributed by atoms with Crippen LogP contribution < -0.4 is 0 Å². The molecule has 0 amide bonds. The van der Waals surface area contributed by atoms with E-state index in [9.17, 15) is 4.79 Å². The fourth-order valence-corrected chi connectivity index (χ4v) is 9.24. The van der Waals surface area contributed by atoms with Crippen LogP contribution in [0.5, 0.6) is 0 Å². The summed E-state index contributed by atoms with van der Waals surface area (Å²) in [6, 6.07) is 5.95. The van der Waals surface area contributed by atoms with Gasteiger partial charge in [-0.3, -0.25) is 0 Å². The monoisotopic (exact) mass is 400 g/mol. The van der Waals surface area contributed by atoms with E-state index in [1.807, 2.05) is 0 Å². The lowest BCUT2D eigenvalue weighted by Crippen LogP contribution is -2.34. The lowest BCUT2D eigenvalue weighted by molar-refractivity contribution is -0.139. The van der Waals surface area contributed by atoms with Gasteiger partial charge < -0.3 is 14.2 Å². The molecule has 0 aliphatic carbocycles. The van der Waals surface area contributed by atoms with E-state index in [1.165, 1.54) is 69.1 Å². The molecule has 0 radical (unpaired) electrons. The lowest BCUT2D eigenvalue weighted by Gasteiger charge is -2.32. The van der Waals surface area contributed by atoms with E-state index in [4.69, 9.17) is 14.2 Å². The third-order valence-corrected chi connectivity index (χ3v) is 10.8. The van der Waals surface area contributed by atoms with Crippen molar-refractivity contribution in [3.8, 4) is 0 Å². The molecule has 0 aromatic heterocycles. The van der Waals surface area contributed by atoms with Gasteiger partial charge in [0.25, 0.3) is 0 Å². The molecule has 4 nitrogen and oxygen atoms in total. The van der Waals surface area contributed by atoms with Gasteiger partial charge in [0.1, 0.15) is 6.61 Å². The Balaban J connectivity index is 3.98. The van der Waals surface area contributed by atoms with Crippen molar-refractivity contribution in [2.24, 2.45) is 0 Å². The van der Waals surface area contributed by atoms with Gasteiger partial charge in [-0.25, -0.2) is 4.79 Å². The van der Waals surface area contributed by atoms with Crippen LogP contribution >= 0.6 is 0 Å². The Bertz CT molecular complexity index is 338. The summed E-state index contributed by atoms with van der Waals surface area (Å²) in [5.41, 5.74) is 0. The minimum atomic E-state index is -1.13. The molecule has 5 heteroatoms. The predicted octanol–water partition coefficient (Wildman–Crippen LogP) is 5.99. The molecule has 0 bridgehead atoms. The first-order valence-corrected chi connectivity index (χ1v) is 13.9. The summed E-state index contributed by atoms with van der Waals surface area (Å²) < 4.78 is 16.0. The van der Waals surface area contributed by atoms with Gasteiger partial charge >= 0.3 is 5.97 Å². The van der Waals surface area contributed by atoms with E-state index >= 15 is 0 Å². The molecular weight excluding hydrogens is 356 g/mol. The molecule has 0 heterocycles. The fourth-order valence-electron chi connectivity index (χ4n) is 3.54. The molecule has 0 saturated carbocycles. The topological polar surface area (TPSA) is 44.8 Å². The maximum atomic E-state index is 10.9. The molecule has 27 heavy (non-hydrogen) atoms. The van der Waals surface area contributed by atoms with E-state index in [0.29, 0.717) is 19.8 Å². The zero-order valence-electron chi connectivity index (χ0n) is 18.2. The molecular formula is C22H44O4Si. The summed E-state index contributed by atoms with van der Waals surface area (Å²) in [7, 11) is -1.13. The molecule has 0 aliphatic heterocycles. The number of rotatable bonds is 20. The molecule has 0 fully saturated rings. The van der Waals surface area contributed by atoms with Crippen molar-refractivity contribution in [2.75, 3.05) is 33.0 Å².